The van der Waals surface area contributed by atoms with Gasteiger partial charge in [-0.15, -0.1) is 0 Å². The van der Waals surface area contributed by atoms with Gasteiger partial charge in [0.05, 0.1) is 0 Å². The van der Waals surface area contributed by atoms with Crippen LogP contribution in [0.3, 0.4) is 0 Å². The summed E-state index contributed by atoms with van der Waals surface area (Å²) in [6.07, 6.45) is 3.47. The predicted octanol–water partition coefficient (Wildman–Crippen LogP) is 2.68. The molecule has 2 N–H and O–H groups in total. The second-order valence-corrected chi connectivity index (χ2v) is 6.57. The van der Waals surface area contributed by atoms with Crippen molar-refractivity contribution in [3.63, 3.8) is 0 Å². The molecule has 3 unspecified atom stereocenters. The lowest BCUT2D eigenvalue weighted by molar-refractivity contribution is 0.0522. The van der Waals surface area contributed by atoms with Crippen molar-refractivity contribution in [2.45, 2.75) is 71.6 Å². The maximum Gasteiger partial charge on any atom is 0.407 e. The molecule has 0 radical (unpaired) electrons. The van der Waals surface area contributed by atoms with Gasteiger partial charge in [0.15, 0.2) is 0 Å². The second kappa shape index (κ2) is 6.41. The van der Waals surface area contributed by atoms with E-state index in [1.165, 1.54) is 19.3 Å². The van der Waals surface area contributed by atoms with Crippen molar-refractivity contribution < 1.29 is 9.53 Å². The highest BCUT2D eigenvalue weighted by molar-refractivity contribution is 5.67. The zero-order valence-corrected chi connectivity index (χ0v) is 12.4. The summed E-state index contributed by atoms with van der Waals surface area (Å²) >= 11 is 0. The average Bonchev–Trinajstić information content (AvgIpc) is 2.58. The summed E-state index contributed by atoms with van der Waals surface area (Å²) in [6, 6.07) is 0.892. The highest BCUT2D eigenvalue weighted by Gasteiger charge is 2.22. The Kier molecular flexibility index (Phi) is 5.45. The Morgan fingerprint density at radius 2 is 2.06 bits per heavy atom. The zero-order chi connectivity index (χ0) is 13.8. The van der Waals surface area contributed by atoms with E-state index >= 15 is 0 Å². The van der Waals surface area contributed by atoms with Gasteiger partial charge in [0.25, 0.3) is 0 Å². The molecule has 0 heterocycles. The van der Waals surface area contributed by atoms with Crippen LogP contribution in [0.5, 0.6) is 0 Å². The van der Waals surface area contributed by atoms with Crippen molar-refractivity contribution in [1.29, 1.82) is 0 Å². The minimum atomic E-state index is -0.429. The van der Waals surface area contributed by atoms with E-state index in [1.54, 1.807) is 0 Å². The molecule has 1 aliphatic rings. The lowest BCUT2D eigenvalue weighted by Gasteiger charge is -2.22. The summed E-state index contributed by atoms with van der Waals surface area (Å²) in [5, 5.41) is 6.36. The van der Waals surface area contributed by atoms with Gasteiger partial charge in [-0.2, -0.15) is 0 Å². The smallest absolute Gasteiger partial charge is 0.407 e. The fourth-order valence-corrected chi connectivity index (χ4v) is 2.37. The maximum absolute atomic E-state index is 11.5. The van der Waals surface area contributed by atoms with Gasteiger partial charge in [-0.3, -0.25) is 0 Å². The molecule has 106 valence electrons. The topological polar surface area (TPSA) is 50.4 Å². The molecule has 3 atom stereocenters. The largest absolute Gasteiger partial charge is 0.444 e. The molecule has 1 saturated carbocycles. The third-order valence-corrected chi connectivity index (χ3v) is 3.17. The lowest BCUT2D eigenvalue weighted by Crippen LogP contribution is -2.44. The third-order valence-electron chi connectivity index (χ3n) is 3.17. The van der Waals surface area contributed by atoms with E-state index in [9.17, 15) is 4.79 Å². The Bertz CT molecular complexity index is 273. The third kappa shape index (κ3) is 6.24. The van der Waals surface area contributed by atoms with E-state index < -0.39 is 5.60 Å². The van der Waals surface area contributed by atoms with Crippen molar-refractivity contribution in [2.75, 3.05) is 6.54 Å². The average molecular weight is 256 g/mol. The first kappa shape index (κ1) is 15.3. The molecular weight excluding hydrogens is 228 g/mol. The molecule has 4 heteroatoms. The van der Waals surface area contributed by atoms with Crippen LogP contribution in [0.2, 0.25) is 0 Å². The van der Waals surface area contributed by atoms with Gasteiger partial charge < -0.3 is 15.4 Å². The molecule has 1 fully saturated rings. The Morgan fingerprint density at radius 3 is 2.56 bits per heavy atom. The molecule has 0 aromatic carbocycles. The molecule has 0 aliphatic heterocycles. The number of hydrogen-bond acceptors (Lipinski definition) is 3. The van der Waals surface area contributed by atoms with Crippen LogP contribution in [0, 0.1) is 5.92 Å². The first-order valence-electron chi connectivity index (χ1n) is 6.99. The van der Waals surface area contributed by atoms with Crippen LogP contribution in [-0.2, 0) is 4.74 Å². The number of ether oxygens (including phenoxy) is 1. The van der Waals surface area contributed by atoms with Gasteiger partial charge in [0.2, 0.25) is 0 Å². The van der Waals surface area contributed by atoms with Crippen molar-refractivity contribution in [2.24, 2.45) is 5.92 Å². The highest BCUT2D eigenvalue weighted by atomic mass is 16.6. The molecule has 1 rings (SSSR count). The molecule has 1 amide bonds. The molecule has 0 spiro atoms. The van der Waals surface area contributed by atoms with Crippen molar-refractivity contribution >= 4 is 6.09 Å². The fraction of sp³-hybridized carbons (Fsp3) is 0.929. The Balaban J connectivity index is 2.17. The van der Waals surface area contributed by atoms with E-state index in [1.807, 2.05) is 20.8 Å². The summed E-state index contributed by atoms with van der Waals surface area (Å²) in [7, 11) is 0. The summed E-state index contributed by atoms with van der Waals surface area (Å²) in [5.74, 6) is 0.827. The van der Waals surface area contributed by atoms with Crippen molar-refractivity contribution in [3.8, 4) is 0 Å². The fourth-order valence-electron chi connectivity index (χ4n) is 2.37. The van der Waals surface area contributed by atoms with E-state index in [2.05, 4.69) is 24.5 Å². The summed E-state index contributed by atoms with van der Waals surface area (Å²) in [4.78, 5) is 11.5. The highest BCUT2D eigenvalue weighted by Crippen LogP contribution is 2.24. The summed E-state index contributed by atoms with van der Waals surface area (Å²) in [5.41, 5.74) is -0.429. The Morgan fingerprint density at radius 1 is 1.39 bits per heavy atom. The quantitative estimate of drug-likeness (QED) is 0.813. The van der Waals surface area contributed by atoms with Gasteiger partial charge in [-0.1, -0.05) is 6.92 Å². The van der Waals surface area contributed by atoms with Crippen LogP contribution in [0.15, 0.2) is 0 Å². The molecule has 4 nitrogen and oxygen atoms in total. The van der Waals surface area contributed by atoms with E-state index in [0.717, 1.165) is 5.92 Å². The molecule has 0 aromatic heterocycles. The van der Waals surface area contributed by atoms with Crippen molar-refractivity contribution in [1.82, 2.24) is 10.6 Å². The van der Waals surface area contributed by atoms with Crippen LogP contribution in [0.4, 0.5) is 4.79 Å². The van der Waals surface area contributed by atoms with Gasteiger partial charge in [0.1, 0.15) is 5.60 Å². The number of alkyl carbamates (subject to hydrolysis) is 1. The maximum atomic E-state index is 11.5. The lowest BCUT2D eigenvalue weighted by atomic mass is 10.1. The van der Waals surface area contributed by atoms with Crippen LogP contribution in [0.25, 0.3) is 0 Å². The predicted molar refractivity (Wildman–Crippen MR) is 73.6 cm³/mol. The minimum Gasteiger partial charge on any atom is -0.444 e. The zero-order valence-electron chi connectivity index (χ0n) is 12.4. The second-order valence-electron chi connectivity index (χ2n) is 6.57. The van der Waals surface area contributed by atoms with E-state index in [4.69, 9.17) is 4.74 Å². The Labute approximate surface area is 111 Å². The number of carbonyl (C=O) groups excluding carboxylic acids is 1. The van der Waals surface area contributed by atoms with Crippen LogP contribution in [0.1, 0.15) is 53.9 Å². The molecule has 1 aliphatic carbocycles. The molecule has 18 heavy (non-hydrogen) atoms. The number of amides is 1. The summed E-state index contributed by atoms with van der Waals surface area (Å²) < 4.78 is 5.20. The first-order valence-corrected chi connectivity index (χ1v) is 6.99. The normalized spacial score (nSPS) is 25.8. The van der Waals surface area contributed by atoms with Crippen LogP contribution >= 0.6 is 0 Å². The van der Waals surface area contributed by atoms with Crippen LogP contribution in [-0.4, -0.2) is 30.3 Å². The number of rotatable bonds is 4. The van der Waals surface area contributed by atoms with Gasteiger partial charge in [-0.25, -0.2) is 4.79 Å². The SMILES string of the molecule is CC1CCC(NC(C)CNC(=O)OC(C)(C)C)C1. The number of nitrogens with one attached hydrogen (secondary N) is 2. The number of hydrogen-bond donors (Lipinski definition) is 2. The first-order chi connectivity index (χ1) is 8.26. The van der Waals surface area contributed by atoms with E-state index in [-0.39, 0.29) is 12.1 Å². The standard InChI is InChI=1S/C14H28N2O2/c1-10-6-7-12(8-10)16-11(2)9-15-13(17)18-14(3,4)5/h10-12,16H,6-9H2,1-5H3,(H,15,17). The van der Waals surface area contributed by atoms with Gasteiger partial charge in [0, 0.05) is 18.6 Å². The molecule has 0 bridgehead atoms. The molecular formula is C14H28N2O2. The summed E-state index contributed by atoms with van der Waals surface area (Å²) in [6.45, 7) is 10.6. The molecule has 0 aromatic rings. The van der Waals surface area contributed by atoms with Gasteiger partial charge >= 0.3 is 6.09 Å². The molecule has 0 saturated heterocycles. The minimum absolute atomic E-state index is 0.285. The Hall–Kier alpha value is -0.770. The van der Waals surface area contributed by atoms with Crippen molar-refractivity contribution in [3.05, 3.63) is 0 Å². The van der Waals surface area contributed by atoms with Gasteiger partial charge in [-0.05, 0) is 52.9 Å². The van der Waals surface area contributed by atoms with E-state index in [0.29, 0.717) is 12.6 Å². The van der Waals surface area contributed by atoms with Crippen LogP contribution < -0.4 is 10.6 Å². The number of carbonyl (C=O) groups is 1. The monoisotopic (exact) mass is 256 g/mol.